The van der Waals surface area contributed by atoms with Crippen LogP contribution in [0.25, 0.3) is 11.0 Å². The summed E-state index contributed by atoms with van der Waals surface area (Å²) in [6, 6.07) is 8.58. The standard InChI is InChI=1S/C14H21N3/c1-3-10-17-13-7-5-4-6-12(13)16-14(17)9-8-11(2)15/h4-7,11H,3,8-10,15H2,1-2H3. The maximum Gasteiger partial charge on any atom is 0.109 e. The summed E-state index contributed by atoms with van der Waals surface area (Å²) in [6.45, 7) is 5.28. The molecule has 3 nitrogen and oxygen atoms in total. The van der Waals surface area contributed by atoms with E-state index < -0.39 is 0 Å². The average Bonchev–Trinajstić information content (AvgIpc) is 2.66. The van der Waals surface area contributed by atoms with Gasteiger partial charge in [-0.2, -0.15) is 0 Å². The second-order valence-corrected chi connectivity index (χ2v) is 4.68. The van der Waals surface area contributed by atoms with Gasteiger partial charge in [0.1, 0.15) is 5.82 Å². The van der Waals surface area contributed by atoms with Crippen LogP contribution in [0, 0.1) is 0 Å². The molecule has 0 radical (unpaired) electrons. The van der Waals surface area contributed by atoms with Gasteiger partial charge in [0.2, 0.25) is 0 Å². The van der Waals surface area contributed by atoms with Crippen LogP contribution in [-0.2, 0) is 13.0 Å². The molecule has 0 aliphatic rings. The van der Waals surface area contributed by atoms with E-state index >= 15 is 0 Å². The van der Waals surface area contributed by atoms with Crippen molar-refractivity contribution in [1.29, 1.82) is 0 Å². The van der Waals surface area contributed by atoms with E-state index in [4.69, 9.17) is 10.7 Å². The Bertz CT molecular complexity index is 485. The van der Waals surface area contributed by atoms with Crippen LogP contribution in [0.15, 0.2) is 24.3 Å². The fourth-order valence-electron chi connectivity index (χ4n) is 2.15. The molecule has 0 saturated carbocycles. The Morgan fingerprint density at radius 1 is 1.35 bits per heavy atom. The molecular weight excluding hydrogens is 210 g/mol. The van der Waals surface area contributed by atoms with Gasteiger partial charge in [0, 0.05) is 19.0 Å². The number of rotatable bonds is 5. The summed E-state index contributed by atoms with van der Waals surface area (Å²) in [7, 11) is 0. The first-order chi connectivity index (χ1) is 8.22. The Morgan fingerprint density at radius 2 is 2.12 bits per heavy atom. The van der Waals surface area contributed by atoms with Crippen LogP contribution in [0.3, 0.4) is 0 Å². The molecule has 92 valence electrons. The fourth-order valence-corrected chi connectivity index (χ4v) is 2.15. The van der Waals surface area contributed by atoms with Crippen LogP contribution in [0.4, 0.5) is 0 Å². The van der Waals surface area contributed by atoms with Gasteiger partial charge < -0.3 is 10.3 Å². The Hall–Kier alpha value is -1.35. The Morgan fingerprint density at radius 3 is 2.82 bits per heavy atom. The Labute approximate surface area is 103 Å². The number of aryl methyl sites for hydroxylation is 2. The van der Waals surface area contributed by atoms with Crippen molar-refractivity contribution in [3.8, 4) is 0 Å². The van der Waals surface area contributed by atoms with Crippen molar-refractivity contribution in [2.75, 3.05) is 0 Å². The molecule has 1 heterocycles. The van der Waals surface area contributed by atoms with Crippen molar-refractivity contribution in [2.45, 2.75) is 45.7 Å². The van der Waals surface area contributed by atoms with E-state index in [0.29, 0.717) is 0 Å². The molecule has 2 N–H and O–H groups in total. The number of nitrogens with zero attached hydrogens (tertiary/aromatic N) is 2. The fraction of sp³-hybridized carbons (Fsp3) is 0.500. The first kappa shape index (κ1) is 12.1. The number of aromatic nitrogens is 2. The number of hydrogen-bond donors (Lipinski definition) is 1. The lowest BCUT2D eigenvalue weighted by atomic mass is 10.2. The van der Waals surface area contributed by atoms with Crippen LogP contribution in [0.1, 0.15) is 32.5 Å². The molecule has 2 rings (SSSR count). The minimum absolute atomic E-state index is 0.241. The molecule has 3 heteroatoms. The minimum atomic E-state index is 0.241. The Kier molecular flexibility index (Phi) is 3.79. The zero-order valence-electron chi connectivity index (χ0n) is 10.7. The van der Waals surface area contributed by atoms with Crippen LogP contribution in [0.5, 0.6) is 0 Å². The number of benzene rings is 1. The molecule has 0 fully saturated rings. The largest absolute Gasteiger partial charge is 0.328 e. The van der Waals surface area contributed by atoms with E-state index in [1.807, 2.05) is 13.0 Å². The number of nitrogens with two attached hydrogens (primary N) is 1. The van der Waals surface area contributed by atoms with Gasteiger partial charge in [-0.3, -0.25) is 0 Å². The van der Waals surface area contributed by atoms with Gasteiger partial charge in [0.25, 0.3) is 0 Å². The SMILES string of the molecule is CCCn1c(CCC(C)N)nc2ccccc21. The molecule has 0 saturated heterocycles. The lowest BCUT2D eigenvalue weighted by molar-refractivity contribution is 0.601. The van der Waals surface area contributed by atoms with Crippen LogP contribution in [0.2, 0.25) is 0 Å². The van der Waals surface area contributed by atoms with Crippen molar-refractivity contribution in [3.63, 3.8) is 0 Å². The van der Waals surface area contributed by atoms with E-state index in [0.717, 1.165) is 31.3 Å². The lowest BCUT2D eigenvalue weighted by Crippen LogP contribution is -2.16. The summed E-state index contributed by atoms with van der Waals surface area (Å²) in [5.74, 6) is 1.17. The highest BCUT2D eigenvalue weighted by Gasteiger charge is 2.09. The summed E-state index contributed by atoms with van der Waals surface area (Å²) in [6.07, 6.45) is 3.09. The van der Waals surface area contributed by atoms with Crippen LogP contribution < -0.4 is 5.73 Å². The Balaban J connectivity index is 2.35. The minimum Gasteiger partial charge on any atom is -0.328 e. The maximum atomic E-state index is 5.82. The summed E-state index contributed by atoms with van der Waals surface area (Å²) >= 11 is 0. The van der Waals surface area contributed by atoms with Crippen molar-refractivity contribution in [1.82, 2.24) is 9.55 Å². The van der Waals surface area contributed by atoms with Gasteiger partial charge in [-0.15, -0.1) is 0 Å². The molecule has 0 bridgehead atoms. The molecule has 0 aliphatic carbocycles. The highest BCUT2D eigenvalue weighted by atomic mass is 15.1. The van der Waals surface area contributed by atoms with Gasteiger partial charge in [-0.05, 0) is 31.9 Å². The highest BCUT2D eigenvalue weighted by molar-refractivity contribution is 5.75. The molecule has 1 atom stereocenters. The average molecular weight is 231 g/mol. The smallest absolute Gasteiger partial charge is 0.109 e. The number of hydrogen-bond acceptors (Lipinski definition) is 2. The summed E-state index contributed by atoms with van der Waals surface area (Å²) < 4.78 is 2.33. The highest BCUT2D eigenvalue weighted by Crippen LogP contribution is 2.17. The molecule has 1 aromatic heterocycles. The van der Waals surface area contributed by atoms with Crippen molar-refractivity contribution < 1.29 is 0 Å². The molecular formula is C14H21N3. The molecule has 2 aromatic rings. The summed E-state index contributed by atoms with van der Waals surface area (Å²) in [5.41, 5.74) is 8.16. The van der Waals surface area contributed by atoms with E-state index in [1.54, 1.807) is 0 Å². The zero-order valence-corrected chi connectivity index (χ0v) is 10.7. The predicted molar refractivity (Wildman–Crippen MR) is 72.0 cm³/mol. The van der Waals surface area contributed by atoms with Crippen molar-refractivity contribution in [3.05, 3.63) is 30.1 Å². The van der Waals surface area contributed by atoms with E-state index in [1.165, 1.54) is 11.3 Å². The number of fused-ring (bicyclic) bond motifs is 1. The van der Waals surface area contributed by atoms with E-state index in [2.05, 4.69) is 29.7 Å². The molecule has 0 amide bonds. The third-order valence-electron chi connectivity index (χ3n) is 3.00. The second-order valence-electron chi connectivity index (χ2n) is 4.68. The third kappa shape index (κ3) is 2.67. The second kappa shape index (κ2) is 5.32. The third-order valence-corrected chi connectivity index (χ3v) is 3.00. The molecule has 1 unspecified atom stereocenters. The van der Waals surface area contributed by atoms with Gasteiger partial charge in [0.05, 0.1) is 11.0 Å². The van der Waals surface area contributed by atoms with Gasteiger partial charge >= 0.3 is 0 Å². The molecule has 0 spiro atoms. The first-order valence-electron chi connectivity index (χ1n) is 6.42. The van der Waals surface area contributed by atoms with Crippen molar-refractivity contribution >= 4 is 11.0 Å². The lowest BCUT2D eigenvalue weighted by Gasteiger charge is -2.08. The predicted octanol–water partition coefficient (Wildman–Crippen LogP) is 2.73. The number of imidazole rings is 1. The maximum absolute atomic E-state index is 5.82. The van der Waals surface area contributed by atoms with Gasteiger partial charge in [0.15, 0.2) is 0 Å². The molecule has 17 heavy (non-hydrogen) atoms. The first-order valence-corrected chi connectivity index (χ1v) is 6.42. The normalized spacial score (nSPS) is 13.1. The molecule has 1 aromatic carbocycles. The van der Waals surface area contributed by atoms with Crippen LogP contribution in [-0.4, -0.2) is 15.6 Å². The summed E-state index contributed by atoms with van der Waals surface area (Å²) in [5, 5.41) is 0. The quantitative estimate of drug-likeness (QED) is 0.860. The van der Waals surface area contributed by atoms with Crippen LogP contribution >= 0.6 is 0 Å². The van der Waals surface area contributed by atoms with Crippen molar-refractivity contribution in [2.24, 2.45) is 5.73 Å². The van der Waals surface area contributed by atoms with Gasteiger partial charge in [-0.25, -0.2) is 4.98 Å². The summed E-state index contributed by atoms with van der Waals surface area (Å²) in [4.78, 5) is 4.71. The van der Waals surface area contributed by atoms with E-state index in [9.17, 15) is 0 Å². The monoisotopic (exact) mass is 231 g/mol. The zero-order chi connectivity index (χ0) is 12.3. The number of para-hydroxylation sites is 2. The van der Waals surface area contributed by atoms with E-state index in [-0.39, 0.29) is 6.04 Å². The topological polar surface area (TPSA) is 43.8 Å². The van der Waals surface area contributed by atoms with Gasteiger partial charge in [-0.1, -0.05) is 19.1 Å². The molecule has 0 aliphatic heterocycles.